The van der Waals surface area contributed by atoms with Gasteiger partial charge in [-0.3, -0.25) is 0 Å². The molecule has 0 bridgehead atoms. The number of aromatic nitrogens is 4. The van der Waals surface area contributed by atoms with Crippen LogP contribution in [0, 0.1) is 13.8 Å². The molecule has 0 fully saturated rings. The van der Waals surface area contributed by atoms with Gasteiger partial charge in [0, 0.05) is 10.8 Å². The van der Waals surface area contributed by atoms with Crippen LogP contribution >= 0.6 is 0 Å². The van der Waals surface area contributed by atoms with Crippen molar-refractivity contribution < 1.29 is 26.3 Å². The number of fused-ring (bicyclic) bond motifs is 6. The molecule has 2 aromatic heterocycles. The van der Waals surface area contributed by atoms with Gasteiger partial charge in [-0.1, -0.05) is 24.3 Å². The van der Waals surface area contributed by atoms with E-state index in [1.807, 2.05) is 0 Å². The second kappa shape index (κ2) is 5.73. The highest BCUT2D eigenvalue weighted by Crippen LogP contribution is 2.41. The van der Waals surface area contributed by atoms with Crippen molar-refractivity contribution in [3.05, 3.63) is 47.0 Å². The second-order valence-electron chi connectivity index (χ2n) is 6.25. The van der Waals surface area contributed by atoms with Gasteiger partial charge < -0.3 is 0 Å². The van der Waals surface area contributed by atoms with E-state index in [1.165, 1.54) is 6.07 Å². The number of alkyl halides is 6. The van der Waals surface area contributed by atoms with Gasteiger partial charge in [-0.2, -0.15) is 26.3 Å². The van der Waals surface area contributed by atoms with Crippen LogP contribution in [0.4, 0.5) is 26.3 Å². The van der Waals surface area contributed by atoms with Crippen molar-refractivity contribution in [3.8, 4) is 0 Å². The molecule has 0 unspecified atom stereocenters. The first-order chi connectivity index (χ1) is 13.0. The molecular formula is C18H10F6N4. The summed E-state index contributed by atoms with van der Waals surface area (Å²) in [5, 5.41) is 0.650. The van der Waals surface area contributed by atoms with Crippen LogP contribution in [0.1, 0.15) is 22.8 Å². The predicted molar refractivity (Wildman–Crippen MR) is 89.6 cm³/mol. The van der Waals surface area contributed by atoms with Gasteiger partial charge in [0.2, 0.25) is 0 Å². The van der Waals surface area contributed by atoms with Crippen molar-refractivity contribution in [1.29, 1.82) is 0 Å². The molecule has 28 heavy (non-hydrogen) atoms. The van der Waals surface area contributed by atoms with Crippen LogP contribution < -0.4 is 0 Å². The summed E-state index contributed by atoms with van der Waals surface area (Å²) in [6.45, 7) is 3.28. The molecule has 2 aromatic carbocycles. The molecule has 0 saturated carbocycles. The van der Waals surface area contributed by atoms with Gasteiger partial charge in [0.1, 0.15) is 11.0 Å². The minimum Gasteiger partial charge on any atom is -0.249 e. The minimum absolute atomic E-state index is 0.0245. The lowest BCUT2D eigenvalue weighted by Gasteiger charge is -2.16. The largest absolute Gasteiger partial charge is 0.435 e. The SMILES string of the molecule is Cc1nc2c3ccccc3c3nc(C(F)(F)F)c(C(F)(F)F)nc3c2nc1C. The highest BCUT2D eigenvalue weighted by atomic mass is 19.4. The summed E-state index contributed by atoms with van der Waals surface area (Å²) in [6, 6.07) is 6.27. The van der Waals surface area contributed by atoms with Gasteiger partial charge >= 0.3 is 12.4 Å². The Bertz CT molecular complexity index is 1260. The van der Waals surface area contributed by atoms with E-state index in [2.05, 4.69) is 19.9 Å². The first kappa shape index (κ1) is 18.3. The van der Waals surface area contributed by atoms with Crippen LogP contribution in [0.15, 0.2) is 24.3 Å². The zero-order valence-electron chi connectivity index (χ0n) is 14.4. The van der Waals surface area contributed by atoms with E-state index < -0.39 is 23.7 Å². The van der Waals surface area contributed by atoms with E-state index >= 15 is 0 Å². The Morgan fingerprint density at radius 3 is 1.39 bits per heavy atom. The van der Waals surface area contributed by atoms with Gasteiger partial charge in [0.15, 0.2) is 11.4 Å². The fourth-order valence-electron chi connectivity index (χ4n) is 3.04. The Morgan fingerprint density at radius 1 is 0.571 bits per heavy atom. The van der Waals surface area contributed by atoms with Crippen molar-refractivity contribution in [2.75, 3.05) is 0 Å². The van der Waals surface area contributed by atoms with Gasteiger partial charge in [-0.15, -0.1) is 0 Å². The molecule has 0 N–H and O–H groups in total. The third-order valence-corrected chi connectivity index (χ3v) is 4.40. The lowest BCUT2D eigenvalue weighted by molar-refractivity contribution is -0.167. The average molecular weight is 396 g/mol. The molecule has 0 aliphatic carbocycles. The van der Waals surface area contributed by atoms with Crippen molar-refractivity contribution in [2.24, 2.45) is 0 Å². The Labute approximate surface area is 153 Å². The summed E-state index contributed by atoms with van der Waals surface area (Å²) in [5.74, 6) is 0. The maximum absolute atomic E-state index is 13.3. The minimum atomic E-state index is -5.34. The van der Waals surface area contributed by atoms with Gasteiger partial charge in [0.05, 0.1) is 22.4 Å². The van der Waals surface area contributed by atoms with Gasteiger partial charge in [0.25, 0.3) is 0 Å². The highest BCUT2D eigenvalue weighted by molar-refractivity contribution is 6.20. The van der Waals surface area contributed by atoms with Crippen molar-refractivity contribution in [1.82, 2.24) is 19.9 Å². The van der Waals surface area contributed by atoms with Crippen LogP contribution in [0.3, 0.4) is 0 Å². The molecule has 4 nitrogen and oxygen atoms in total. The highest BCUT2D eigenvalue weighted by Gasteiger charge is 2.47. The summed E-state index contributed by atoms with van der Waals surface area (Å²) < 4.78 is 79.9. The Kier molecular flexibility index (Phi) is 3.75. The topological polar surface area (TPSA) is 51.6 Å². The van der Waals surface area contributed by atoms with Gasteiger partial charge in [-0.25, -0.2) is 19.9 Å². The third kappa shape index (κ3) is 2.71. The standard InChI is InChI=1S/C18H10F6N4/c1-7-8(2)26-13-11(25-7)9-5-3-4-6-10(9)12-14(13)28-16(18(22,23)24)15(27-12)17(19,20)21/h3-6H,1-2H3. The Hall–Kier alpha value is -3.04. The van der Waals surface area contributed by atoms with E-state index in [4.69, 9.17) is 0 Å². The Morgan fingerprint density at radius 2 is 0.929 bits per heavy atom. The lowest BCUT2D eigenvalue weighted by Crippen LogP contribution is -2.21. The molecule has 4 aromatic rings. The van der Waals surface area contributed by atoms with Crippen LogP contribution in [0.2, 0.25) is 0 Å². The molecule has 0 aliphatic heterocycles. The number of rotatable bonds is 0. The number of nitrogens with zero attached hydrogens (tertiary/aromatic N) is 4. The summed E-state index contributed by atoms with van der Waals surface area (Å²) in [4.78, 5) is 15.4. The lowest BCUT2D eigenvalue weighted by atomic mass is 10.0. The maximum atomic E-state index is 13.3. The fraction of sp³-hybridized carbons (Fsp3) is 0.222. The summed E-state index contributed by atoms with van der Waals surface area (Å²) in [6.07, 6.45) is -10.7. The zero-order valence-corrected chi connectivity index (χ0v) is 14.4. The molecule has 0 aliphatic rings. The van der Waals surface area contributed by atoms with Gasteiger partial charge in [-0.05, 0) is 13.8 Å². The quantitative estimate of drug-likeness (QED) is 0.296. The smallest absolute Gasteiger partial charge is 0.249 e. The molecule has 0 saturated heterocycles. The Balaban J connectivity index is 2.32. The molecular weight excluding hydrogens is 386 g/mol. The molecule has 4 rings (SSSR count). The first-order valence-corrected chi connectivity index (χ1v) is 8.00. The number of aryl methyl sites for hydroxylation is 2. The summed E-state index contributed by atoms with van der Waals surface area (Å²) in [7, 11) is 0. The fourth-order valence-corrected chi connectivity index (χ4v) is 3.04. The number of hydrogen-bond acceptors (Lipinski definition) is 4. The molecule has 0 atom stereocenters. The van der Waals surface area contributed by atoms with E-state index in [-0.39, 0.29) is 27.5 Å². The van der Waals surface area contributed by atoms with E-state index in [0.717, 1.165) is 0 Å². The normalized spacial score (nSPS) is 13.0. The summed E-state index contributed by atoms with van der Waals surface area (Å²) >= 11 is 0. The number of benzene rings is 2. The van der Waals surface area contributed by atoms with E-state index in [1.54, 1.807) is 32.0 Å². The monoisotopic (exact) mass is 396 g/mol. The van der Waals surface area contributed by atoms with Crippen LogP contribution in [-0.2, 0) is 12.4 Å². The first-order valence-electron chi connectivity index (χ1n) is 8.00. The maximum Gasteiger partial charge on any atom is 0.435 e. The molecule has 0 amide bonds. The van der Waals surface area contributed by atoms with Crippen molar-refractivity contribution in [2.45, 2.75) is 26.2 Å². The van der Waals surface area contributed by atoms with Crippen molar-refractivity contribution >= 4 is 32.8 Å². The predicted octanol–water partition coefficient (Wildman–Crippen LogP) is 5.38. The van der Waals surface area contributed by atoms with Crippen LogP contribution in [0.25, 0.3) is 32.8 Å². The molecule has 0 spiro atoms. The average Bonchev–Trinajstić information content (AvgIpc) is 2.61. The van der Waals surface area contributed by atoms with E-state index in [9.17, 15) is 26.3 Å². The zero-order chi connectivity index (χ0) is 20.4. The third-order valence-electron chi connectivity index (χ3n) is 4.40. The number of halogens is 6. The van der Waals surface area contributed by atoms with Crippen molar-refractivity contribution in [3.63, 3.8) is 0 Å². The van der Waals surface area contributed by atoms with Crippen LogP contribution in [0.5, 0.6) is 0 Å². The second-order valence-corrected chi connectivity index (χ2v) is 6.25. The summed E-state index contributed by atoms with van der Waals surface area (Å²) in [5.41, 5.74) is -3.63. The molecule has 2 heterocycles. The molecule has 0 radical (unpaired) electrons. The van der Waals surface area contributed by atoms with E-state index in [0.29, 0.717) is 16.8 Å². The number of hydrogen-bond donors (Lipinski definition) is 0. The van der Waals surface area contributed by atoms with Crippen LogP contribution in [-0.4, -0.2) is 19.9 Å². The molecule has 144 valence electrons. The molecule has 10 heteroatoms.